The second-order valence-corrected chi connectivity index (χ2v) is 8.66. The first-order chi connectivity index (χ1) is 14.9. The van der Waals surface area contributed by atoms with Crippen molar-refractivity contribution in [2.75, 3.05) is 19.4 Å². The second kappa shape index (κ2) is 10.6. The molecule has 7 nitrogen and oxygen atoms in total. The van der Waals surface area contributed by atoms with Gasteiger partial charge in [-0.25, -0.2) is 0 Å². The molecule has 0 radical (unpaired) electrons. The average molecular weight is 503 g/mol. The number of aromatic nitrogens is 3. The Labute approximate surface area is 193 Å². The molecular weight excluding hydrogens is 480 g/mol. The van der Waals surface area contributed by atoms with E-state index in [1.807, 2.05) is 35.8 Å². The van der Waals surface area contributed by atoms with Gasteiger partial charge in [0.15, 0.2) is 10.9 Å². The lowest BCUT2D eigenvalue weighted by Crippen LogP contribution is -2.23. The first-order valence-corrected chi connectivity index (χ1v) is 11.4. The normalized spacial score (nSPS) is 10.7. The van der Waals surface area contributed by atoms with Gasteiger partial charge in [-0.15, -0.1) is 10.2 Å². The number of amides is 1. The third-order valence-corrected chi connectivity index (χ3v) is 6.07. The molecule has 1 amide bonds. The van der Waals surface area contributed by atoms with E-state index in [-0.39, 0.29) is 17.4 Å². The van der Waals surface area contributed by atoms with Crippen LogP contribution in [-0.2, 0) is 11.2 Å². The molecule has 0 fully saturated rings. The Morgan fingerprint density at radius 2 is 1.90 bits per heavy atom. The van der Waals surface area contributed by atoms with E-state index in [0.29, 0.717) is 29.4 Å². The van der Waals surface area contributed by atoms with Gasteiger partial charge in [-0.2, -0.15) is 0 Å². The molecule has 0 saturated heterocycles. The summed E-state index contributed by atoms with van der Waals surface area (Å²) in [5.41, 5.74) is 2.65. The number of ether oxygens (including phenoxy) is 1. The van der Waals surface area contributed by atoms with Crippen LogP contribution in [-0.4, -0.2) is 45.9 Å². The minimum Gasteiger partial charge on any atom is -0.496 e. The Kier molecular flexibility index (Phi) is 7.86. The molecule has 0 unspecified atom stereocenters. The van der Waals surface area contributed by atoms with Crippen molar-refractivity contribution in [1.82, 2.24) is 20.1 Å². The van der Waals surface area contributed by atoms with E-state index in [0.717, 1.165) is 21.5 Å². The molecule has 0 spiro atoms. The van der Waals surface area contributed by atoms with Gasteiger partial charge in [0.25, 0.3) is 0 Å². The first kappa shape index (κ1) is 23.0. The quantitative estimate of drug-likeness (QED) is 0.351. The Hall–Kier alpha value is -2.65. The number of rotatable bonds is 9. The summed E-state index contributed by atoms with van der Waals surface area (Å²) in [5.74, 6) is 1.50. The number of halogens is 1. The number of carbonyl (C=O) groups excluding carboxylic acids is 2. The van der Waals surface area contributed by atoms with Crippen LogP contribution in [0.2, 0.25) is 0 Å². The van der Waals surface area contributed by atoms with Crippen molar-refractivity contribution in [1.29, 1.82) is 0 Å². The summed E-state index contributed by atoms with van der Waals surface area (Å²) >= 11 is 4.75. The van der Waals surface area contributed by atoms with Crippen LogP contribution in [0.4, 0.5) is 0 Å². The van der Waals surface area contributed by atoms with Gasteiger partial charge in [0.1, 0.15) is 11.6 Å². The average Bonchev–Trinajstić information content (AvgIpc) is 3.15. The fourth-order valence-corrected chi connectivity index (χ4v) is 4.32. The lowest BCUT2D eigenvalue weighted by molar-refractivity contribution is -0.118. The van der Waals surface area contributed by atoms with E-state index >= 15 is 0 Å². The summed E-state index contributed by atoms with van der Waals surface area (Å²) in [4.78, 5) is 23.9. The van der Waals surface area contributed by atoms with Crippen molar-refractivity contribution < 1.29 is 14.3 Å². The molecule has 0 atom stereocenters. The van der Waals surface area contributed by atoms with Crippen LogP contribution < -0.4 is 10.1 Å². The Bertz CT molecular complexity index is 1080. The monoisotopic (exact) mass is 502 g/mol. The molecule has 0 aliphatic carbocycles. The van der Waals surface area contributed by atoms with E-state index in [2.05, 4.69) is 31.4 Å². The van der Waals surface area contributed by atoms with Crippen molar-refractivity contribution in [3.05, 3.63) is 63.9 Å². The fourth-order valence-electron chi connectivity index (χ4n) is 2.91. The standard InChI is InChI=1S/C22H23BrN4O3S/c1-14-4-7-17(8-5-14)27-21(10-11-24-15(2)28)25-26-22(27)31-13-19(29)16-6-9-20(30-3)18(23)12-16/h4-9,12H,10-11,13H2,1-3H3,(H,24,28). The van der Waals surface area contributed by atoms with Gasteiger partial charge in [-0.1, -0.05) is 29.5 Å². The molecule has 3 aromatic rings. The molecule has 162 valence electrons. The predicted molar refractivity (Wildman–Crippen MR) is 124 cm³/mol. The molecule has 31 heavy (non-hydrogen) atoms. The number of hydrogen-bond acceptors (Lipinski definition) is 6. The number of methoxy groups -OCH3 is 1. The first-order valence-electron chi connectivity index (χ1n) is 9.64. The van der Waals surface area contributed by atoms with E-state index in [9.17, 15) is 9.59 Å². The third-order valence-electron chi connectivity index (χ3n) is 4.52. The lowest BCUT2D eigenvalue weighted by atomic mass is 10.1. The maximum Gasteiger partial charge on any atom is 0.216 e. The molecule has 9 heteroatoms. The number of Topliss-reactive ketones (excluding diaryl/α,β-unsaturated/α-hetero) is 1. The van der Waals surface area contributed by atoms with Crippen LogP contribution in [0.3, 0.4) is 0 Å². The molecular formula is C22H23BrN4O3S. The van der Waals surface area contributed by atoms with Gasteiger partial charge >= 0.3 is 0 Å². The molecule has 0 bridgehead atoms. The summed E-state index contributed by atoms with van der Waals surface area (Å²) in [6, 6.07) is 13.3. The van der Waals surface area contributed by atoms with Crippen LogP contribution in [0.5, 0.6) is 5.75 Å². The van der Waals surface area contributed by atoms with E-state index in [1.165, 1.54) is 18.7 Å². The fraction of sp³-hybridized carbons (Fsp3) is 0.273. The summed E-state index contributed by atoms with van der Waals surface area (Å²) < 4.78 is 7.88. The van der Waals surface area contributed by atoms with E-state index < -0.39 is 0 Å². The van der Waals surface area contributed by atoms with Gasteiger partial charge in [-0.05, 0) is 53.2 Å². The highest BCUT2D eigenvalue weighted by molar-refractivity contribution is 9.10. The third kappa shape index (κ3) is 5.95. The summed E-state index contributed by atoms with van der Waals surface area (Å²) in [7, 11) is 1.58. The number of nitrogens with one attached hydrogen (secondary N) is 1. The number of aryl methyl sites for hydroxylation is 1. The number of carbonyl (C=O) groups is 2. The van der Waals surface area contributed by atoms with Crippen molar-refractivity contribution in [2.45, 2.75) is 25.4 Å². The minimum atomic E-state index is -0.0905. The van der Waals surface area contributed by atoms with Crippen LogP contribution in [0.15, 0.2) is 52.1 Å². The number of nitrogens with zero attached hydrogens (tertiary/aromatic N) is 3. The molecule has 0 aliphatic rings. The number of hydrogen-bond donors (Lipinski definition) is 1. The number of thioether (sulfide) groups is 1. The van der Waals surface area contributed by atoms with Crippen molar-refractivity contribution in [2.24, 2.45) is 0 Å². The van der Waals surface area contributed by atoms with Crippen LogP contribution >= 0.6 is 27.7 Å². The SMILES string of the molecule is COc1ccc(C(=O)CSc2nnc(CCNC(C)=O)n2-c2ccc(C)cc2)cc1Br. The van der Waals surface area contributed by atoms with Crippen LogP contribution in [0.25, 0.3) is 5.69 Å². The Balaban J connectivity index is 1.80. The second-order valence-electron chi connectivity index (χ2n) is 6.86. The molecule has 2 aromatic carbocycles. The largest absolute Gasteiger partial charge is 0.496 e. The van der Waals surface area contributed by atoms with E-state index in [1.54, 1.807) is 25.3 Å². The van der Waals surface area contributed by atoms with Crippen molar-refractivity contribution >= 4 is 39.4 Å². The van der Waals surface area contributed by atoms with Gasteiger partial charge in [-0.3, -0.25) is 14.2 Å². The molecule has 1 N–H and O–H groups in total. The van der Waals surface area contributed by atoms with Crippen molar-refractivity contribution in [3.63, 3.8) is 0 Å². The van der Waals surface area contributed by atoms with Gasteiger partial charge in [0.05, 0.1) is 17.3 Å². The van der Waals surface area contributed by atoms with E-state index in [4.69, 9.17) is 4.74 Å². The zero-order valence-electron chi connectivity index (χ0n) is 17.5. The predicted octanol–water partition coefficient (Wildman–Crippen LogP) is 4.00. The highest BCUT2D eigenvalue weighted by atomic mass is 79.9. The lowest BCUT2D eigenvalue weighted by Gasteiger charge is -2.11. The molecule has 3 rings (SSSR count). The van der Waals surface area contributed by atoms with Gasteiger partial charge in [0.2, 0.25) is 5.91 Å². The zero-order valence-corrected chi connectivity index (χ0v) is 19.9. The topological polar surface area (TPSA) is 86.1 Å². The van der Waals surface area contributed by atoms with Gasteiger partial charge < -0.3 is 10.1 Å². The van der Waals surface area contributed by atoms with Crippen LogP contribution in [0, 0.1) is 6.92 Å². The smallest absolute Gasteiger partial charge is 0.216 e. The summed E-state index contributed by atoms with van der Waals surface area (Å²) in [5, 5.41) is 12.0. The number of benzene rings is 2. The molecule has 0 saturated carbocycles. The Morgan fingerprint density at radius 1 is 1.16 bits per heavy atom. The van der Waals surface area contributed by atoms with Crippen molar-refractivity contribution in [3.8, 4) is 11.4 Å². The minimum absolute atomic E-state index is 0.0217. The summed E-state index contributed by atoms with van der Waals surface area (Å²) in [6.07, 6.45) is 0.528. The zero-order chi connectivity index (χ0) is 22.4. The molecule has 1 aromatic heterocycles. The highest BCUT2D eigenvalue weighted by Crippen LogP contribution is 2.27. The summed E-state index contributed by atoms with van der Waals surface area (Å²) in [6.45, 7) is 3.97. The molecule has 1 heterocycles. The Morgan fingerprint density at radius 3 is 2.55 bits per heavy atom. The molecule has 0 aliphatic heterocycles. The number of ketones is 1. The van der Waals surface area contributed by atoms with Gasteiger partial charge in [0, 0.05) is 31.1 Å². The van der Waals surface area contributed by atoms with Crippen LogP contribution in [0.1, 0.15) is 28.7 Å². The maximum absolute atomic E-state index is 12.7. The highest BCUT2D eigenvalue weighted by Gasteiger charge is 2.17. The maximum atomic E-state index is 12.7.